The third-order valence-corrected chi connectivity index (χ3v) is 1.74. The molecule has 0 aliphatic heterocycles. The van der Waals surface area contributed by atoms with Crippen LogP contribution in [0.4, 0.5) is 0 Å². The lowest BCUT2D eigenvalue weighted by molar-refractivity contribution is 0.434. The highest BCUT2D eigenvalue weighted by atomic mass is 15.1. The van der Waals surface area contributed by atoms with E-state index in [1.807, 2.05) is 6.92 Å². The van der Waals surface area contributed by atoms with Gasteiger partial charge in [0, 0.05) is 6.04 Å². The standard InChI is InChI=1S/C8H18N2/c1-5-8(6-2)10-7(3)9-4/h7-8,10H,4-6H2,1-3H3. The average Bonchev–Trinajstić information content (AvgIpc) is 1.99. The topological polar surface area (TPSA) is 24.4 Å². The Kier molecular flexibility index (Phi) is 5.22. The Bertz CT molecular complexity index is 87.3. The molecule has 10 heavy (non-hydrogen) atoms. The zero-order chi connectivity index (χ0) is 7.98. The zero-order valence-electron chi connectivity index (χ0n) is 7.22. The van der Waals surface area contributed by atoms with Gasteiger partial charge in [-0.15, -0.1) is 0 Å². The van der Waals surface area contributed by atoms with Crippen molar-refractivity contribution in [2.75, 3.05) is 0 Å². The maximum atomic E-state index is 3.86. The second-order valence-corrected chi connectivity index (χ2v) is 2.54. The highest BCUT2D eigenvalue weighted by Gasteiger charge is 2.04. The first-order chi connectivity index (χ1) is 4.74. The zero-order valence-corrected chi connectivity index (χ0v) is 7.22. The molecule has 0 spiro atoms. The van der Waals surface area contributed by atoms with Gasteiger partial charge in [0.15, 0.2) is 0 Å². The molecular weight excluding hydrogens is 124 g/mol. The third kappa shape index (κ3) is 3.62. The Hall–Kier alpha value is -0.370. The molecule has 0 heterocycles. The molecule has 0 aromatic carbocycles. The Morgan fingerprint density at radius 3 is 2.20 bits per heavy atom. The van der Waals surface area contributed by atoms with Gasteiger partial charge in [0.05, 0.1) is 6.17 Å². The lowest BCUT2D eigenvalue weighted by Crippen LogP contribution is -2.34. The fourth-order valence-corrected chi connectivity index (χ4v) is 0.918. The quantitative estimate of drug-likeness (QED) is 0.582. The number of nitrogens with zero attached hydrogens (tertiary/aromatic N) is 1. The lowest BCUT2D eigenvalue weighted by atomic mass is 10.2. The Balaban J connectivity index is 3.51. The van der Waals surface area contributed by atoms with Crippen molar-refractivity contribution in [3.8, 4) is 0 Å². The van der Waals surface area contributed by atoms with Crippen LogP contribution in [0, 0.1) is 0 Å². The minimum absolute atomic E-state index is 0.199. The first kappa shape index (κ1) is 9.63. The molecule has 0 radical (unpaired) electrons. The van der Waals surface area contributed by atoms with Gasteiger partial charge in [0.1, 0.15) is 0 Å². The molecule has 0 bridgehead atoms. The van der Waals surface area contributed by atoms with Gasteiger partial charge in [-0.1, -0.05) is 13.8 Å². The van der Waals surface area contributed by atoms with Gasteiger partial charge < -0.3 is 0 Å². The summed E-state index contributed by atoms with van der Waals surface area (Å²) >= 11 is 0. The number of aliphatic imine (C=N–C) groups is 1. The summed E-state index contributed by atoms with van der Waals surface area (Å²) in [5.41, 5.74) is 0. The van der Waals surface area contributed by atoms with Crippen molar-refractivity contribution in [1.82, 2.24) is 5.32 Å². The SMILES string of the molecule is C=NC(C)NC(CC)CC. The molecule has 0 amide bonds. The predicted molar refractivity (Wildman–Crippen MR) is 46.5 cm³/mol. The van der Waals surface area contributed by atoms with Crippen molar-refractivity contribution in [2.24, 2.45) is 4.99 Å². The summed E-state index contributed by atoms with van der Waals surface area (Å²) < 4.78 is 0. The molecular formula is C8H18N2. The molecule has 1 N–H and O–H groups in total. The number of hydrogen-bond acceptors (Lipinski definition) is 2. The molecule has 2 nitrogen and oxygen atoms in total. The van der Waals surface area contributed by atoms with Gasteiger partial charge in [-0.25, -0.2) is 0 Å². The summed E-state index contributed by atoms with van der Waals surface area (Å²) in [7, 11) is 0. The molecule has 0 saturated heterocycles. The molecule has 0 aromatic rings. The largest absolute Gasteiger partial charge is 0.293 e. The Labute approximate surface area is 63.7 Å². The van der Waals surface area contributed by atoms with Gasteiger partial charge in [0.2, 0.25) is 0 Å². The van der Waals surface area contributed by atoms with E-state index in [4.69, 9.17) is 0 Å². The van der Waals surface area contributed by atoms with Crippen molar-refractivity contribution < 1.29 is 0 Å². The summed E-state index contributed by atoms with van der Waals surface area (Å²) in [6, 6.07) is 0.598. The van der Waals surface area contributed by atoms with E-state index in [1.165, 1.54) is 0 Å². The second-order valence-electron chi connectivity index (χ2n) is 2.54. The number of rotatable bonds is 5. The van der Waals surface area contributed by atoms with Crippen LogP contribution in [0.5, 0.6) is 0 Å². The molecule has 60 valence electrons. The molecule has 0 aromatic heterocycles. The van der Waals surface area contributed by atoms with Gasteiger partial charge in [-0.05, 0) is 26.5 Å². The molecule has 0 saturated carbocycles. The van der Waals surface area contributed by atoms with Gasteiger partial charge in [-0.2, -0.15) is 0 Å². The molecule has 1 unspecified atom stereocenters. The van der Waals surface area contributed by atoms with Crippen LogP contribution in [-0.4, -0.2) is 18.9 Å². The fraction of sp³-hybridized carbons (Fsp3) is 0.875. The maximum absolute atomic E-state index is 3.86. The third-order valence-electron chi connectivity index (χ3n) is 1.74. The summed E-state index contributed by atoms with van der Waals surface area (Å²) in [5, 5.41) is 3.34. The van der Waals surface area contributed by atoms with Crippen LogP contribution in [0.15, 0.2) is 4.99 Å². The summed E-state index contributed by atoms with van der Waals surface area (Å²) in [4.78, 5) is 3.86. The van der Waals surface area contributed by atoms with E-state index >= 15 is 0 Å². The maximum Gasteiger partial charge on any atom is 0.0960 e. The molecule has 0 aliphatic rings. The van der Waals surface area contributed by atoms with Crippen molar-refractivity contribution in [2.45, 2.75) is 45.8 Å². The van der Waals surface area contributed by atoms with Gasteiger partial charge in [-0.3, -0.25) is 10.3 Å². The second kappa shape index (κ2) is 5.42. The smallest absolute Gasteiger partial charge is 0.0960 e. The summed E-state index contributed by atoms with van der Waals surface area (Å²) in [6.45, 7) is 9.84. The van der Waals surface area contributed by atoms with Crippen molar-refractivity contribution in [3.05, 3.63) is 0 Å². The summed E-state index contributed by atoms with van der Waals surface area (Å²) in [5.74, 6) is 0. The van der Waals surface area contributed by atoms with Crippen LogP contribution < -0.4 is 5.32 Å². The van der Waals surface area contributed by atoms with Gasteiger partial charge >= 0.3 is 0 Å². The fourth-order valence-electron chi connectivity index (χ4n) is 0.918. The van der Waals surface area contributed by atoms with E-state index in [1.54, 1.807) is 0 Å². The van der Waals surface area contributed by atoms with Crippen molar-refractivity contribution in [3.63, 3.8) is 0 Å². The average molecular weight is 142 g/mol. The van der Waals surface area contributed by atoms with Crippen molar-refractivity contribution >= 4 is 6.72 Å². The van der Waals surface area contributed by atoms with E-state index < -0.39 is 0 Å². The highest BCUT2D eigenvalue weighted by Crippen LogP contribution is 1.97. The lowest BCUT2D eigenvalue weighted by Gasteiger charge is -2.17. The molecule has 0 fully saturated rings. The highest BCUT2D eigenvalue weighted by molar-refractivity contribution is 5.23. The number of nitrogens with one attached hydrogen (secondary N) is 1. The van der Waals surface area contributed by atoms with E-state index in [0.717, 1.165) is 12.8 Å². The van der Waals surface area contributed by atoms with Crippen LogP contribution in [0.3, 0.4) is 0 Å². The van der Waals surface area contributed by atoms with Crippen LogP contribution in [0.2, 0.25) is 0 Å². The Morgan fingerprint density at radius 1 is 1.40 bits per heavy atom. The van der Waals surface area contributed by atoms with Crippen LogP contribution >= 0.6 is 0 Å². The Morgan fingerprint density at radius 2 is 1.90 bits per heavy atom. The van der Waals surface area contributed by atoms with Crippen LogP contribution in [-0.2, 0) is 0 Å². The van der Waals surface area contributed by atoms with E-state index in [2.05, 4.69) is 30.9 Å². The van der Waals surface area contributed by atoms with Crippen LogP contribution in [0.25, 0.3) is 0 Å². The monoisotopic (exact) mass is 142 g/mol. The minimum atomic E-state index is 0.199. The number of hydrogen-bond donors (Lipinski definition) is 1. The normalized spacial score (nSPS) is 13.6. The first-order valence-corrected chi connectivity index (χ1v) is 3.96. The first-order valence-electron chi connectivity index (χ1n) is 3.96. The van der Waals surface area contributed by atoms with Gasteiger partial charge in [0.25, 0.3) is 0 Å². The molecule has 0 rings (SSSR count). The van der Waals surface area contributed by atoms with Crippen molar-refractivity contribution in [1.29, 1.82) is 0 Å². The summed E-state index contributed by atoms with van der Waals surface area (Å²) in [6.07, 6.45) is 2.53. The van der Waals surface area contributed by atoms with E-state index in [0.29, 0.717) is 6.04 Å². The molecule has 2 heteroatoms. The van der Waals surface area contributed by atoms with E-state index in [9.17, 15) is 0 Å². The van der Waals surface area contributed by atoms with E-state index in [-0.39, 0.29) is 6.17 Å². The van der Waals surface area contributed by atoms with Crippen LogP contribution in [0.1, 0.15) is 33.6 Å². The molecule has 1 atom stereocenters. The predicted octanol–water partition coefficient (Wildman–Crippen LogP) is 1.81. The minimum Gasteiger partial charge on any atom is -0.293 e. The molecule has 0 aliphatic carbocycles.